The van der Waals surface area contributed by atoms with Crippen molar-refractivity contribution in [2.75, 3.05) is 24.7 Å². The number of para-hydroxylation sites is 1. The Morgan fingerprint density at radius 3 is 2.45 bits per heavy atom. The van der Waals surface area contributed by atoms with Crippen molar-refractivity contribution in [1.82, 2.24) is 5.32 Å². The Kier molecular flexibility index (Phi) is 9.01. The number of hydrogen-bond acceptors (Lipinski definition) is 6. The maximum Gasteiger partial charge on any atom is 0.326 e. The van der Waals surface area contributed by atoms with E-state index in [4.69, 9.17) is 9.47 Å². The third kappa shape index (κ3) is 6.65. The molecular weight excluding hydrogens is 420 g/mol. The van der Waals surface area contributed by atoms with Crippen molar-refractivity contribution in [3.05, 3.63) is 65.7 Å². The summed E-state index contributed by atoms with van der Waals surface area (Å²) in [6, 6.07) is 16.2. The molecule has 2 aromatic rings. The number of esters is 2. The minimum Gasteiger partial charge on any atom is -0.465 e. The van der Waals surface area contributed by atoms with Gasteiger partial charge in [0.1, 0.15) is 12.6 Å². The van der Waals surface area contributed by atoms with Crippen LogP contribution in [0.1, 0.15) is 37.8 Å². The molecule has 0 aliphatic carbocycles. The molecular formula is C26H32N2O5. The average Bonchev–Trinajstić information content (AvgIpc) is 2.95. The van der Waals surface area contributed by atoms with Gasteiger partial charge >= 0.3 is 11.9 Å². The Balaban J connectivity index is 1.80. The number of carbonyl (C=O) groups excluding carboxylic acids is 3. The van der Waals surface area contributed by atoms with Gasteiger partial charge in [0.2, 0.25) is 5.91 Å². The van der Waals surface area contributed by atoms with E-state index in [9.17, 15) is 14.4 Å². The second-order valence-electron chi connectivity index (χ2n) is 7.94. The molecule has 1 unspecified atom stereocenters. The number of nitrogens with zero attached hydrogens (tertiary/aromatic N) is 1. The third-order valence-electron chi connectivity index (χ3n) is 5.68. The monoisotopic (exact) mass is 452 g/mol. The van der Waals surface area contributed by atoms with Crippen molar-refractivity contribution in [3.8, 4) is 0 Å². The summed E-state index contributed by atoms with van der Waals surface area (Å²) in [5.41, 5.74) is 2.80. The molecule has 2 atom stereocenters. The summed E-state index contributed by atoms with van der Waals surface area (Å²) in [7, 11) is 0. The van der Waals surface area contributed by atoms with Gasteiger partial charge in [-0.3, -0.25) is 24.6 Å². The van der Waals surface area contributed by atoms with Crippen LogP contribution in [0.5, 0.6) is 0 Å². The quantitative estimate of drug-likeness (QED) is 0.558. The minimum absolute atomic E-state index is 0.171. The second kappa shape index (κ2) is 12.2. The van der Waals surface area contributed by atoms with E-state index in [-0.39, 0.29) is 31.6 Å². The molecule has 1 aliphatic rings. The fraction of sp³-hybridized carbons (Fsp3) is 0.423. The van der Waals surface area contributed by atoms with E-state index >= 15 is 0 Å². The summed E-state index contributed by atoms with van der Waals surface area (Å²) in [6.07, 6.45) is 2.33. The molecule has 3 rings (SSSR count). The fourth-order valence-electron chi connectivity index (χ4n) is 4.08. The molecule has 1 amide bonds. The Labute approximate surface area is 195 Å². The molecule has 2 aromatic carbocycles. The third-order valence-corrected chi connectivity index (χ3v) is 5.68. The summed E-state index contributed by atoms with van der Waals surface area (Å²) >= 11 is 0. The first-order valence-electron chi connectivity index (χ1n) is 11.5. The van der Waals surface area contributed by atoms with Crippen LogP contribution < -0.4 is 10.2 Å². The number of hydrogen-bond donors (Lipinski definition) is 1. The smallest absolute Gasteiger partial charge is 0.326 e. The van der Waals surface area contributed by atoms with Crippen LogP contribution in [0, 0.1) is 0 Å². The Morgan fingerprint density at radius 2 is 1.73 bits per heavy atom. The SMILES string of the molecule is CCOC(=O)CN1C(=O)[C@@H](NC(CCc2ccccc2)C(=O)OCC)CCc2ccccc21. The van der Waals surface area contributed by atoms with Crippen LogP contribution in [0.25, 0.3) is 0 Å². The highest BCUT2D eigenvalue weighted by atomic mass is 16.5. The maximum atomic E-state index is 13.5. The fourth-order valence-corrected chi connectivity index (χ4v) is 4.08. The highest BCUT2D eigenvalue weighted by molar-refractivity contribution is 6.02. The van der Waals surface area contributed by atoms with Crippen LogP contribution in [0.4, 0.5) is 5.69 Å². The number of aryl methyl sites for hydroxylation is 2. The molecule has 0 fully saturated rings. The van der Waals surface area contributed by atoms with Gasteiger partial charge in [0.15, 0.2) is 0 Å². The van der Waals surface area contributed by atoms with E-state index in [1.54, 1.807) is 13.8 Å². The Morgan fingerprint density at radius 1 is 1.03 bits per heavy atom. The number of carbonyl (C=O) groups is 3. The molecule has 0 saturated heterocycles. The lowest BCUT2D eigenvalue weighted by atomic mass is 10.0. The van der Waals surface area contributed by atoms with Gasteiger partial charge in [0.05, 0.1) is 19.3 Å². The summed E-state index contributed by atoms with van der Waals surface area (Å²) in [5.74, 6) is -1.09. The van der Waals surface area contributed by atoms with Crippen molar-refractivity contribution in [3.63, 3.8) is 0 Å². The Bertz CT molecular complexity index is 947. The van der Waals surface area contributed by atoms with Gasteiger partial charge in [-0.1, -0.05) is 48.5 Å². The molecule has 0 radical (unpaired) electrons. The van der Waals surface area contributed by atoms with E-state index in [0.717, 1.165) is 11.1 Å². The second-order valence-corrected chi connectivity index (χ2v) is 7.94. The van der Waals surface area contributed by atoms with Crippen LogP contribution in [0.3, 0.4) is 0 Å². The minimum atomic E-state index is -0.634. The number of rotatable bonds is 10. The summed E-state index contributed by atoms with van der Waals surface area (Å²) < 4.78 is 10.4. The van der Waals surface area contributed by atoms with Gasteiger partial charge < -0.3 is 9.47 Å². The first-order chi connectivity index (χ1) is 16.0. The van der Waals surface area contributed by atoms with Gasteiger partial charge in [-0.25, -0.2) is 0 Å². The lowest BCUT2D eigenvalue weighted by molar-refractivity contribution is -0.146. The summed E-state index contributed by atoms with van der Waals surface area (Å²) in [6.45, 7) is 3.84. The average molecular weight is 453 g/mol. The molecule has 1 N–H and O–H groups in total. The van der Waals surface area contributed by atoms with Gasteiger partial charge in [-0.05, 0) is 56.7 Å². The van der Waals surface area contributed by atoms with E-state index < -0.39 is 18.1 Å². The normalized spacial score (nSPS) is 16.5. The van der Waals surface area contributed by atoms with Crippen LogP contribution in [-0.4, -0.2) is 49.7 Å². The van der Waals surface area contributed by atoms with E-state index in [1.165, 1.54) is 4.90 Å². The molecule has 176 valence electrons. The predicted molar refractivity (Wildman–Crippen MR) is 126 cm³/mol. The van der Waals surface area contributed by atoms with Crippen molar-refractivity contribution >= 4 is 23.5 Å². The number of nitrogens with one attached hydrogen (secondary N) is 1. The first-order valence-corrected chi connectivity index (χ1v) is 11.5. The molecule has 7 nitrogen and oxygen atoms in total. The standard InChI is InChI=1S/C26H32N2O5/c1-3-32-24(29)18-28-23-13-9-8-12-20(23)15-17-21(25(28)30)27-22(26(31)33-4-2)16-14-19-10-6-5-7-11-19/h5-13,21-22,27H,3-4,14-18H2,1-2H3/t21-,22?/m0/s1. The molecule has 0 aromatic heterocycles. The van der Waals surface area contributed by atoms with Crippen molar-refractivity contribution in [1.29, 1.82) is 0 Å². The van der Waals surface area contributed by atoms with Crippen LogP contribution in [0.15, 0.2) is 54.6 Å². The zero-order valence-electron chi connectivity index (χ0n) is 19.3. The summed E-state index contributed by atoms with van der Waals surface area (Å²) in [4.78, 5) is 40.0. The molecule has 33 heavy (non-hydrogen) atoms. The highest BCUT2D eigenvalue weighted by Crippen LogP contribution is 2.27. The van der Waals surface area contributed by atoms with Gasteiger partial charge in [0.25, 0.3) is 0 Å². The van der Waals surface area contributed by atoms with E-state index in [0.29, 0.717) is 31.4 Å². The van der Waals surface area contributed by atoms with Gasteiger partial charge in [-0.2, -0.15) is 0 Å². The van der Waals surface area contributed by atoms with Crippen LogP contribution >= 0.6 is 0 Å². The van der Waals surface area contributed by atoms with Crippen LogP contribution in [0.2, 0.25) is 0 Å². The molecule has 1 aliphatic heterocycles. The molecule has 0 saturated carbocycles. The molecule has 0 bridgehead atoms. The van der Waals surface area contributed by atoms with Gasteiger partial charge in [-0.15, -0.1) is 0 Å². The van der Waals surface area contributed by atoms with Crippen molar-refractivity contribution in [2.24, 2.45) is 0 Å². The number of anilines is 1. The zero-order valence-corrected chi connectivity index (χ0v) is 19.3. The predicted octanol–water partition coefficient (Wildman–Crippen LogP) is 3.05. The summed E-state index contributed by atoms with van der Waals surface area (Å²) in [5, 5.41) is 3.25. The highest BCUT2D eigenvalue weighted by Gasteiger charge is 2.34. The molecule has 7 heteroatoms. The lowest BCUT2D eigenvalue weighted by Gasteiger charge is -2.28. The number of fused-ring (bicyclic) bond motifs is 1. The lowest BCUT2D eigenvalue weighted by Crippen LogP contribution is -2.53. The van der Waals surface area contributed by atoms with Crippen LogP contribution in [-0.2, 0) is 36.7 Å². The van der Waals surface area contributed by atoms with Crippen molar-refractivity contribution < 1.29 is 23.9 Å². The largest absolute Gasteiger partial charge is 0.465 e. The van der Waals surface area contributed by atoms with E-state index in [1.807, 2.05) is 54.6 Å². The topological polar surface area (TPSA) is 84.9 Å². The van der Waals surface area contributed by atoms with E-state index in [2.05, 4.69) is 5.32 Å². The molecule has 0 spiro atoms. The first kappa shape index (κ1) is 24.5. The number of ether oxygens (including phenoxy) is 2. The molecule has 1 heterocycles. The number of benzene rings is 2. The van der Waals surface area contributed by atoms with Crippen molar-refractivity contribution in [2.45, 2.75) is 51.6 Å². The van der Waals surface area contributed by atoms with Gasteiger partial charge in [0, 0.05) is 5.69 Å². The number of amides is 1. The zero-order chi connectivity index (χ0) is 23.6. The Hall–Kier alpha value is -3.19. The maximum absolute atomic E-state index is 13.5.